The van der Waals surface area contributed by atoms with Crippen LogP contribution in [0.2, 0.25) is 5.02 Å². The Morgan fingerprint density at radius 2 is 2.22 bits per heavy atom. The van der Waals surface area contributed by atoms with E-state index in [2.05, 4.69) is 10.4 Å². The summed E-state index contributed by atoms with van der Waals surface area (Å²) in [5.41, 5.74) is 1.69. The van der Waals surface area contributed by atoms with E-state index in [1.807, 2.05) is 19.1 Å². The summed E-state index contributed by atoms with van der Waals surface area (Å²) in [6, 6.07) is 5.24. The second kappa shape index (κ2) is 5.48. The van der Waals surface area contributed by atoms with Crippen molar-refractivity contribution in [2.24, 2.45) is 0 Å². The van der Waals surface area contributed by atoms with Crippen LogP contribution < -0.4 is 0 Å². The number of Topliss-reactive ketones (excluding diaryl/α,β-unsaturated/α-hetero) is 1. The van der Waals surface area contributed by atoms with E-state index in [4.69, 9.17) is 33.3 Å². The lowest BCUT2D eigenvalue weighted by molar-refractivity contribution is -0.156. The van der Waals surface area contributed by atoms with Gasteiger partial charge in [-0.1, -0.05) is 17.7 Å². The van der Waals surface area contributed by atoms with Crippen molar-refractivity contribution in [2.75, 3.05) is 6.61 Å². The van der Waals surface area contributed by atoms with Gasteiger partial charge in [-0.25, -0.2) is 4.68 Å². The molecule has 2 saturated heterocycles. The molecule has 0 amide bonds. The van der Waals surface area contributed by atoms with Crippen LogP contribution in [0.25, 0.3) is 5.69 Å². The number of nitrogens with zero attached hydrogens (tertiary/aromatic N) is 4. The van der Waals surface area contributed by atoms with Gasteiger partial charge in [0.1, 0.15) is 6.10 Å². The lowest BCUT2D eigenvalue weighted by Gasteiger charge is -2.25. The Kier molecular flexibility index (Phi) is 3.56. The fourth-order valence-electron chi connectivity index (χ4n) is 2.81. The van der Waals surface area contributed by atoms with Crippen molar-refractivity contribution in [3.63, 3.8) is 0 Å². The molecule has 2 bridgehead atoms. The number of halogens is 1. The van der Waals surface area contributed by atoms with Gasteiger partial charge in [0.25, 0.3) is 0 Å². The third-order valence-corrected chi connectivity index (χ3v) is 4.90. The van der Waals surface area contributed by atoms with E-state index in [0.29, 0.717) is 16.4 Å². The molecule has 7 nitrogen and oxygen atoms in total. The van der Waals surface area contributed by atoms with Gasteiger partial charge in [-0.2, -0.15) is 4.68 Å². The minimum Gasteiger partial charge on any atom is -0.343 e. The first kappa shape index (κ1) is 14.9. The molecule has 0 N–H and O–H groups in total. The molecule has 0 radical (unpaired) electrons. The van der Waals surface area contributed by atoms with Crippen molar-refractivity contribution in [1.82, 2.24) is 19.8 Å². The maximum Gasteiger partial charge on any atom is 0.221 e. The van der Waals surface area contributed by atoms with E-state index >= 15 is 0 Å². The molecule has 2 aliphatic rings. The fourth-order valence-corrected chi connectivity index (χ4v) is 3.30. The molecule has 9 heteroatoms. The molecule has 2 aromatic rings. The SMILES string of the molecule is Cc1ccc(-n2nnn([C@@H]3CC(=O)[C@H]4OC[C@@H]3O4)c2=S)cc1Cl. The summed E-state index contributed by atoms with van der Waals surface area (Å²) in [6.45, 7) is 2.27. The Morgan fingerprint density at radius 1 is 1.39 bits per heavy atom. The minimum atomic E-state index is -0.739. The molecule has 0 aliphatic carbocycles. The number of aryl methyl sites for hydroxylation is 1. The molecule has 23 heavy (non-hydrogen) atoms. The van der Waals surface area contributed by atoms with Gasteiger partial charge in [-0.15, -0.1) is 0 Å². The van der Waals surface area contributed by atoms with Crippen LogP contribution in [0.4, 0.5) is 0 Å². The Bertz CT molecular complexity index is 849. The average Bonchev–Trinajstić information content (AvgIpc) is 3.12. The maximum atomic E-state index is 11.9. The van der Waals surface area contributed by atoms with Crippen LogP contribution in [0, 0.1) is 11.7 Å². The second-order valence-corrected chi connectivity index (χ2v) is 6.40. The van der Waals surface area contributed by atoms with Crippen LogP contribution in [-0.4, -0.2) is 44.6 Å². The standard InChI is InChI=1S/C14H13ClN4O3S/c1-7-2-3-8(4-9(7)15)18-14(23)19(17-16-18)10-5-11(20)13-21-6-12(10)22-13/h2-4,10,12-13H,5-6H2,1H3/t10-,12+,13+/m1/s1. The lowest BCUT2D eigenvalue weighted by atomic mass is 10.0. The summed E-state index contributed by atoms with van der Waals surface area (Å²) >= 11 is 11.6. The van der Waals surface area contributed by atoms with Gasteiger partial charge >= 0.3 is 0 Å². The molecule has 0 saturated carbocycles. The van der Waals surface area contributed by atoms with Crippen molar-refractivity contribution in [1.29, 1.82) is 0 Å². The molecule has 120 valence electrons. The number of ether oxygens (including phenoxy) is 2. The van der Waals surface area contributed by atoms with E-state index in [1.165, 1.54) is 4.68 Å². The molecule has 2 aliphatic heterocycles. The number of fused-ring (bicyclic) bond motifs is 2. The quantitative estimate of drug-likeness (QED) is 0.770. The number of rotatable bonds is 2. The number of carbonyl (C=O) groups is 1. The summed E-state index contributed by atoms with van der Waals surface area (Å²) in [5.74, 6) is -0.0985. The molecule has 3 atom stereocenters. The minimum absolute atomic E-state index is 0.0985. The highest BCUT2D eigenvalue weighted by Crippen LogP contribution is 2.32. The molecular weight excluding hydrogens is 340 g/mol. The second-order valence-electron chi connectivity index (χ2n) is 5.63. The topological polar surface area (TPSA) is 71.2 Å². The first-order chi connectivity index (χ1) is 11.0. The van der Waals surface area contributed by atoms with E-state index in [0.717, 1.165) is 11.3 Å². The first-order valence-corrected chi connectivity index (χ1v) is 7.94. The predicted octanol–water partition coefficient (Wildman–Crippen LogP) is 2.02. The summed E-state index contributed by atoms with van der Waals surface area (Å²) in [5, 5.41) is 8.84. The van der Waals surface area contributed by atoms with Crippen LogP contribution in [0.15, 0.2) is 18.2 Å². The average molecular weight is 353 g/mol. The highest BCUT2D eigenvalue weighted by Gasteiger charge is 2.45. The van der Waals surface area contributed by atoms with E-state index in [-0.39, 0.29) is 24.3 Å². The van der Waals surface area contributed by atoms with Crippen molar-refractivity contribution in [2.45, 2.75) is 31.8 Å². The maximum absolute atomic E-state index is 11.9. The number of carbonyl (C=O) groups excluding carboxylic acids is 1. The van der Waals surface area contributed by atoms with Gasteiger partial charge in [0.2, 0.25) is 11.1 Å². The predicted molar refractivity (Wildman–Crippen MR) is 83.2 cm³/mol. The zero-order chi connectivity index (χ0) is 16.1. The Morgan fingerprint density at radius 3 is 3.00 bits per heavy atom. The number of tetrazole rings is 1. The van der Waals surface area contributed by atoms with Gasteiger partial charge in [0, 0.05) is 11.4 Å². The number of hydrogen-bond donors (Lipinski definition) is 0. The molecule has 3 heterocycles. The van der Waals surface area contributed by atoms with Gasteiger partial charge < -0.3 is 9.47 Å². The van der Waals surface area contributed by atoms with Crippen LogP contribution in [0.1, 0.15) is 18.0 Å². The monoisotopic (exact) mass is 352 g/mol. The van der Waals surface area contributed by atoms with Crippen molar-refractivity contribution in [3.8, 4) is 5.69 Å². The first-order valence-electron chi connectivity index (χ1n) is 7.15. The van der Waals surface area contributed by atoms with Crippen LogP contribution in [0.5, 0.6) is 0 Å². The Hall–Kier alpha value is -1.61. The van der Waals surface area contributed by atoms with Crippen molar-refractivity contribution >= 4 is 29.6 Å². The number of hydrogen-bond acceptors (Lipinski definition) is 6. The van der Waals surface area contributed by atoms with Gasteiger partial charge in [-0.05, 0) is 47.3 Å². The summed E-state index contributed by atoms with van der Waals surface area (Å²) in [4.78, 5) is 11.9. The molecule has 1 aromatic heterocycles. The zero-order valence-corrected chi connectivity index (χ0v) is 13.8. The zero-order valence-electron chi connectivity index (χ0n) is 12.2. The summed E-state index contributed by atoms with van der Waals surface area (Å²) < 4.78 is 14.3. The van der Waals surface area contributed by atoms with Crippen LogP contribution >= 0.6 is 23.8 Å². The molecule has 2 fully saturated rings. The molecular formula is C14H13ClN4O3S. The highest BCUT2D eigenvalue weighted by molar-refractivity contribution is 7.71. The highest BCUT2D eigenvalue weighted by atomic mass is 35.5. The number of benzene rings is 1. The van der Waals surface area contributed by atoms with Gasteiger partial charge in [0.05, 0.1) is 18.3 Å². The number of aromatic nitrogens is 4. The normalized spacial score (nSPS) is 26.7. The third-order valence-electron chi connectivity index (χ3n) is 4.13. The smallest absolute Gasteiger partial charge is 0.221 e. The van der Waals surface area contributed by atoms with E-state index < -0.39 is 6.29 Å². The van der Waals surface area contributed by atoms with Crippen molar-refractivity contribution < 1.29 is 14.3 Å². The fraction of sp³-hybridized carbons (Fsp3) is 0.429. The lowest BCUT2D eigenvalue weighted by Crippen LogP contribution is -2.37. The Labute approximate surface area is 141 Å². The van der Waals surface area contributed by atoms with Crippen LogP contribution in [-0.2, 0) is 14.3 Å². The van der Waals surface area contributed by atoms with Gasteiger partial charge in [0.15, 0.2) is 5.78 Å². The summed E-state index contributed by atoms with van der Waals surface area (Å²) in [6.07, 6.45) is -0.704. The van der Waals surface area contributed by atoms with Crippen molar-refractivity contribution in [3.05, 3.63) is 33.6 Å². The number of ketones is 1. The van der Waals surface area contributed by atoms with E-state index in [9.17, 15) is 4.79 Å². The largest absolute Gasteiger partial charge is 0.343 e. The third kappa shape index (κ3) is 2.42. The molecule has 4 rings (SSSR count). The van der Waals surface area contributed by atoms with E-state index in [1.54, 1.807) is 10.7 Å². The molecule has 0 spiro atoms. The Balaban J connectivity index is 1.72. The molecule has 1 aromatic carbocycles. The van der Waals surface area contributed by atoms with Gasteiger partial charge in [-0.3, -0.25) is 4.79 Å². The molecule has 0 unspecified atom stereocenters. The van der Waals surface area contributed by atoms with Crippen LogP contribution in [0.3, 0.4) is 0 Å². The summed E-state index contributed by atoms with van der Waals surface area (Å²) in [7, 11) is 0.